The van der Waals surface area contributed by atoms with Crippen LogP contribution < -0.4 is 22.1 Å². The molecule has 0 unspecified atom stereocenters. The highest BCUT2D eigenvalue weighted by Gasteiger charge is 2.06. The topological polar surface area (TPSA) is 119 Å². The number of hydrogen-bond donors (Lipinski definition) is 4. The van der Waals surface area contributed by atoms with E-state index in [2.05, 4.69) is 10.6 Å². The molecule has 6 N–H and O–H groups in total. The summed E-state index contributed by atoms with van der Waals surface area (Å²) in [6.45, 7) is -0.474. The fourth-order valence-corrected chi connectivity index (χ4v) is 1.86. The predicted molar refractivity (Wildman–Crippen MR) is 89.8 cm³/mol. The molecule has 0 saturated carbocycles. The van der Waals surface area contributed by atoms with Crippen molar-refractivity contribution in [2.24, 2.45) is 0 Å². The average Bonchev–Trinajstić information content (AvgIpc) is 2.47. The Bertz CT molecular complexity index is 644. The second kappa shape index (κ2) is 7.81. The number of carbonyl (C=O) groups is 2. The third-order valence-electron chi connectivity index (χ3n) is 2.81. The normalized spacial score (nSPS) is 10.1. The van der Waals surface area contributed by atoms with Gasteiger partial charge in [0.25, 0.3) is 0 Å². The molecule has 0 aliphatic carbocycles. The molecule has 0 heterocycles. The third-order valence-corrected chi connectivity index (χ3v) is 2.81. The summed E-state index contributed by atoms with van der Waals surface area (Å²) in [7, 11) is 0. The number of nitrogens with two attached hydrogens (primary N) is 2. The Balaban J connectivity index is 1.71. The van der Waals surface area contributed by atoms with Crippen molar-refractivity contribution in [1.82, 2.24) is 0 Å². The van der Waals surface area contributed by atoms with Crippen molar-refractivity contribution in [1.29, 1.82) is 0 Å². The lowest BCUT2D eigenvalue weighted by Crippen LogP contribution is -2.24. The summed E-state index contributed by atoms with van der Waals surface area (Å²) in [6, 6.07) is 13.6. The first-order valence-electron chi connectivity index (χ1n) is 6.91. The van der Waals surface area contributed by atoms with Crippen molar-refractivity contribution in [3.8, 4) is 0 Å². The zero-order valence-electron chi connectivity index (χ0n) is 12.4. The van der Waals surface area contributed by atoms with Gasteiger partial charge in [-0.05, 0) is 36.4 Å². The molecule has 0 aliphatic heterocycles. The van der Waals surface area contributed by atoms with E-state index in [1.165, 1.54) is 0 Å². The van der Waals surface area contributed by atoms with Crippen LogP contribution in [0.3, 0.4) is 0 Å². The van der Waals surface area contributed by atoms with Gasteiger partial charge in [0.2, 0.25) is 11.8 Å². The summed E-state index contributed by atoms with van der Waals surface area (Å²) >= 11 is 0. The molecule has 2 aromatic carbocycles. The second-order valence-corrected chi connectivity index (χ2v) is 4.84. The van der Waals surface area contributed by atoms with E-state index in [4.69, 9.17) is 16.2 Å². The Labute approximate surface area is 133 Å². The zero-order chi connectivity index (χ0) is 16.7. The highest BCUT2D eigenvalue weighted by Crippen LogP contribution is 2.12. The van der Waals surface area contributed by atoms with E-state index in [0.29, 0.717) is 22.7 Å². The molecule has 0 aliphatic rings. The van der Waals surface area contributed by atoms with Crippen LogP contribution >= 0.6 is 0 Å². The fraction of sp³-hybridized carbons (Fsp3) is 0.125. The number of benzene rings is 2. The molecule has 7 nitrogen and oxygen atoms in total. The average molecular weight is 314 g/mol. The van der Waals surface area contributed by atoms with E-state index in [0.717, 1.165) is 0 Å². The van der Waals surface area contributed by atoms with Gasteiger partial charge in [-0.3, -0.25) is 9.59 Å². The molecular weight excluding hydrogens is 296 g/mol. The molecule has 0 aromatic heterocycles. The summed E-state index contributed by atoms with van der Waals surface area (Å²) in [4.78, 5) is 23.4. The Morgan fingerprint density at radius 2 is 1.26 bits per heavy atom. The standard InChI is InChI=1S/C16H18N4O3/c17-11-3-1-5-13(7-11)19-15(21)9-23-10-16(22)20-14-6-2-4-12(18)8-14/h1-8H,9-10,17-18H2,(H,19,21)(H,20,22). The van der Waals surface area contributed by atoms with Gasteiger partial charge < -0.3 is 26.8 Å². The van der Waals surface area contributed by atoms with Crippen LogP contribution in [0.5, 0.6) is 0 Å². The molecule has 0 atom stereocenters. The Kier molecular flexibility index (Phi) is 5.54. The third kappa shape index (κ3) is 5.68. The minimum Gasteiger partial charge on any atom is -0.399 e. The summed E-state index contributed by atoms with van der Waals surface area (Å²) in [6.07, 6.45) is 0. The number of anilines is 4. The van der Waals surface area contributed by atoms with Gasteiger partial charge in [-0.2, -0.15) is 0 Å². The van der Waals surface area contributed by atoms with Gasteiger partial charge in [-0.25, -0.2) is 0 Å². The molecule has 0 fully saturated rings. The molecule has 23 heavy (non-hydrogen) atoms. The van der Waals surface area contributed by atoms with Crippen LogP contribution in [0.25, 0.3) is 0 Å². The zero-order valence-corrected chi connectivity index (χ0v) is 12.4. The predicted octanol–water partition coefficient (Wildman–Crippen LogP) is 1.44. The highest BCUT2D eigenvalue weighted by atomic mass is 16.5. The minimum absolute atomic E-state index is 0.237. The second-order valence-electron chi connectivity index (χ2n) is 4.84. The van der Waals surface area contributed by atoms with Crippen LogP contribution in [0.4, 0.5) is 22.7 Å². The first-order valence-corrected chi connectivity index (χ1v) is 6.91. The molecule has 0 radical (unpaired) electrons. The summed E-state index contributed by atoms with van der Waals surface area (Å²) in [5, 5.41) is 5.24. The number of hydrogen-bond acceptors (Lipinski definition) is 5. The van der Waals surface area contributed by atoms with Gasteiger partial charge in [-0.1, -0.05) is 12.1 Å². The molecular formula is C16H18N4O3. The van der Waals surface area contributed by atoms with E-state index < -0.39 is 0 Å². The molecule has 2 rings (SSSR count). The van der Waals surface area contributed by atoms with Crippen molar-refractivity contribution >= 4 is 34.6 Å². The number of carbonyl (C=O) groups excluding carboxylic acids is 2. The maximum atomic E-state index is 11.7. The summed E-state index contributed by atoms with van der Waals surface area (Å²) in [5.41, 5.74) is 13.5. The van der Waals surface area contributed by atoms with E-state index in [1.807, 2.05) is 0 Å². The molecule has 120 valence electrons. The lowest BCUT2D eigenvalue weighted by atomic mass is 10.3. The number of nitrogen functional groups attached to an aromatic ring is 2. The summed E-state index contributed by atoms with van der Waals surface area (Å²) in [5.74, 6) is -0.736. The van der Waals surface area contributed by atoms with E-state index in [-0.39, 0.29) is 25.0 Å². The molecule has 7 heteroatoms. The first kappa shape index (κ1) is 16.3. The van der Waals surface area contributed by atoms with E-state index >= 15 is 0 Å². The van der Waals surface area contributed by atoms with Crippen molar-refractivity contribution in [2.45, 2.75) is 0 Å². The Morgan fingerprint density at radius 3 is 1.65 bits per heavy atom. The lowest BCUT2D eigenvalue weighted by Gasteiger charge is -2.08. The lowest BCUT2D eigenvalue weighted by molar-refractivity contribution is -0.125. The van der Waals surface area contributed by atoms with E-state index in [9.17, 15) is 9.59 Å². The van der Waals surface area contributed by atoms with Crippen molar-refractivity contribution in [3.05, 3.63) is 48.5 Å². The quantitative estimate of drug-likeness (QED) is 0.602. The highest BCUT2D eigenvalue weighted by molar-refractivity contribution is 5.94. The SMILES string of the molecule is Nc1cccc(NC(=O)COCC(=O)Nc2cccc(N)c2)c1. The molecule has 2 amide bonds. The van der Waals surface area contributed by atoms with Crippen LogP contribution in [0.15, 0.2) is 48.5 Å². The number of amides is 2. The maximum Gasteiger partial charge on any atom is 0.250 e. The van der Waals surface area contributed by atoms with Crippen LogP contribution in [0.1, 0.15) is 0 Å². The smallest absolute Gasteiger partial charge is 0.250 e. The minimum atomic E-state index is -0.368. The molecule has 0 spiro atoms. The monoisotopic (exact) mass is 314 g/mol. The van der Waals surface area contributed by atoms with Crippen LogP contribution in [-0.4, -0.2) is 25.0 Å². The van der Waals surface area contributed by atoms with Crippen LogP contribution in [0.2, 0.25) is 0 Å². The van der Waals surface area contributed by atoms with Crippen molar-refractivity contribution in [2.75, 3.05) is 35.3 Å². The van der Waals surface area contributed by atoms with Gasteiger partial charge in [0.05, 0.1) is 0 Å². The van der Waals surface area contributed by atoms with E-state index in [1.54, 1.807) is 48.5 Å². The van der Waals surface area contributed by atoms with Crippen LogP contribution in [-0.2, 0) is 14.3 Å². The van der Waals surface area contributed by atoms with Gasteiger partial charge in [0.1, 0.15) is 13.2 Å². The van der Waals surface area contributed by atoms with Gasteiger partial charge in [-0.15, -0.1) is 0 Å². The Hall–Kier alpha value is -3.06. The fourth-order valence-electron chi connectivity index (χ4n) is 1.86. The molecule has 0 saturated heterocycles. The summed E-state index contributed by atoms with van der Waals surface area (Å²) < 4.78 is 5.08. The van der Waals surface area contributed by atoms with Gasteiger partial charge >= 0.3 is 0 Å². The number of rotatable bonds is 6. The number of nitrogens with one attached hydrogen (secondary N) is 2. The van der Waals surface area contributed by atoms with Gasteiger partial charge in [0, 0.05) is 22.7 Å². The first-order chi connectivity index (χ1) is 11.0. The van der Waals surface area contributed by atoms with Crippen molar-refractivity contribution in [3.63, 3.8) is 0 Å². The Morgan fingerprint density at radius 1 is 0.826 bits per heavy atom. The molecule has 2 aromatic rings. The van der Waals surface area contributed by atoms with Crippen LogP contribution in [0, 0.1) is 0 Å². The largest absolute Gasteiger partial charge is 0.399 e. The number of ether oxygens (including phenoxy) is 1. The van der Waals surface area contributed by atoms with Gasteiger partial charge in [0.15, 0.2) is 0 Å². The maximum absolute atomic E-state index is 11.7. The van der Waals surface area contributed by atoms with Crippen molar-refractivity contribution < 1.29 is 14.3 Å². The molecule has 0 bridgehead atoms.